The normalized spacial score (nSPS) is 12.6. The van der Waals surface area contributed by atoms with Gasteiger partial charge in [0.2, 0.25) is 5.75 Å². The molecule has 1 N–H and O–H groups in total. The Morgan fingerprint density at radius 1 is 1.00 bits per heavy atom. The van der Waals surface area contributed by atoms with Crippen molar-refractivity contribution in [1.82, 2.24) is 4.98 Å². The molecule has 0 unspecified atom stereocenters. The summed E-state index contributed by atoms with van der Waals surface area (Å²) in [5, 5.41) is 10.5. The molecule has 0 amide bonds. The number of hydrogen-bond donors (Lipinski definition) is 1. The molecule has 3 aromatic rings. The van der Waals surface area contributed by atoms with E-state index in [9.17, 15) is 9.90 Å². The number of phenolic OH excluding ortho intramolecular Hbond substituents is 1. The standard InChI is InChI=1S/C20H17NO6/c1-24-15-6-10(7-16(25-2)19(15)26-3)17-12-5-4-11(22)8-13(12)21-14-9-27-20(23)18(14)17/h4-8,22H,9H2,1-3H3. The molecule has 7 nitrogen and oxygen atoms in total. The number of ether oxygens (including phenoxy) is 4. The van der Waals surface area contributed by atoms with Crippen LogP contribution < -0.4 is 14.2 Å². The van der Waals surface area contributed by atoms with Gasteiger partial charge in [-0.15, -0.1) is 0 Å². The van der Waals surface area contributed by atoms with Gasteiger partial charge in [-0.3, -0.25) is 0 Å². The number of rotatable bonds is 4. The van der Waals surface area contributed by atoms with Crippen molar-refractivity contribution in [1.29, 1.82) is 0 Å². The first-order valence-electron chi connectivity index (χ1n) is 8.20. The zero-order valence-electron chi connectivity index (χ0n) is 15.0. The minimum atomic E-state index is -0.434. The van der Waals surface area contributed by atoms with Gasteiger partial charge in [-0.2, -0.15) is 0 Å². The second-order valence-electron chi connectivity index (χ2n) is 6.00. The number of benzene rings is 2. The van der Waals surface area contributed by atoms with Crippen LogP contribution in [0.2, 0.25) is 0 Å². The molecule has 0 radical (unpaired) electrons. The summed E-state index contributed by atoms with van der Waals surface area (Å²) >= 11 is 0. The zero-order valence-corrected chi connectivity index (χ0v) is 15.0. The summed E-state index contributed by atoms with van der Waals surface area (Å²) in [4.78, 5) is 16.9. The Bertz CT molecular complexity index is 1050. The summed E-state index contributed by atoms with van der Waals surface area (Å²) in [5.74, 6) is 1.05. The fraction of sp³-hybridized carbons (Fsp3) is 0.200. The van der Waals surface area contributed by atoms with Gasteiger partial charge in [0.05, 0.1) is 38.1 Å². The van der Waals surface area contributed by atoms with Gasteiger partial charge in [-0.1, -0.05) is 0 Å². The number of esters is 1. The van der Waals surface area contributed by atoms with Crippen molar-refractivity contribution in [2.24, 2.45) is 0 Å². The number of carbonyl (C=O) groups is 1. The molecule has 1 aliphatic heterocycles. The number of carbonyl (C=O) groups excluding carboxylic acids is 1. The molecule has 2 aromatic carbocycles. The maximum absolute atomic E-state index is 12.4. The van der Waals surface area contributed by atoms with E-state index in [4.69, 9.17) is 18.9 Å². The molecule has 0 aliphatic carbocycles. The van der Waals surface area contributed by atoms with Crippen LogP contribution in [0, 0.1) is 0 Å². The van der Waals surface area contributed by atoms with Crippen LogP contribution in [-0.4, -0.2) is 37.4 Å². The molecule has 27 heavy (non-hydrogen) atoms. The summed E-state index contributed by atoms with van der Waals surface area (Å²) in [5.41, 5.74) is 2.84. The first-order valence-corrected chi connectivity index (χ1v) is 8.20. The fourth-order valence-electron chi connectivity index (χ4n) is 3.36. The van der Waals surface area contributed by atoms with Gasteiger partial charge in [0.25, 0.3) is 0 Å². The SMILES string of the molecule is COc1cc(-c2c3c(nc4cc(O)ccc24)COC3=O)cc(OC)c1OC. The number of phenols is 1. The lowest BCUT2D eigenvalue weighted by Gasteiger charge is -2.16. The molecule has 1 aliphatic rings. The van der Waals surface area contributed by atoms with Crippen LogP contribution >= 0.6 is 0 Å². The molecular formula is C20H17NO6. The van der Waals surface area contributed by atoms with E-state index in [-0.39, 0.29) is 12.4 Å². The number of fused-ring (bicyclic) bond motifs is 2. The Labute approximate surface area is 155 Å². The van der Waals surface area contributed by atoms with Crippen LogP contribution in [0.5, 0.6) is 23.0 Å². The number of pyridine rings is 1. The van der Waals surface area contributed by atoms with Crippen molar-refractivity contribution >= 4 is 16.9 Å². The lowest BCUT2D eigenvalue weighted by molar-refractivity contribution is 0.0534. The Morgan fingerprint density at radius 3 is 2.33 bits per heavy atom. The van der Waals surface area contributed by atoms with Crippen LogP contribution in [0.15, 0.2) is 30.3 Å². The fourth-order valence-corrected chi connectivity index (χ4v) is 3.36. The van der Waals surface area contributed by atoms with Gasteiger partial charge in [0.15, 0.2) is 11.5 Å². The van der Waals surface area contributed by atoms with Crippen LogP contribution in [0.25, 0.3) is 22.0 Å². The Morgan fingerprint density at radius 2 is 1.70 bits per heavy atom. The number of aromatic nitrogens is 1. The van der Waals surface area contributed by atoms with E-state index in [0.717, 1.165) is 0 Å². The predicted octanol–water partition coefficient (Wildman–Crippen LogP) is 3.30. The number of nitrogens with zero attached hydrogens (tertiary/aromatic N) is 1. The summed E-state index contributed by atoms with van der Waals surface area (Å²) in [6, 6.07) is 8.38. The van der Waals surface area contributed by atoms with E-state index in [1.165, 1.54) is 21.3 Å². The van der Waals surface area contributed by atoms with Crippen LogP contribution in [0.3, 0.4) is 0 Å². The summed E-state index contributed by atoms with van der Waals surface area (Å²) < 4.78 is 21.5. The van der Waals surface area contributed by atoms with Gasteiger partial charge in [-0.05, 0) is 29.8 Å². The third kappa shape index (κ3) is 2.59. The van der Waals surface area contributed by atoms with Crippen molar-refractivity contribution in [2.75, 3.05) is 21.3 Å². The van der Waals surface area contributed by atoms with E-state index < -0.39 is 5.97 Å². The van der Waals surface area contributed by atoms with E-state index in [1.54, 1.807) is 30.3 Å². The molecule has 0 bridgehead atoms. The molecule has 0 saturated heterocycles. The van der Waals surface area contributed by atoms with Crippen molar-refractivity contribution in [2.45, 2.75) is 6.61 Å². The van der Waals surface area contributed by atoms with Crippen LogP contribution in [0.4, 0.5) is 0 Å². The minimum absolute atomic E-state index is 0.0935. The van der Waals surface area contributed by atoms with Gasteiger partial charge in [0, 0.05) is 17.0 Å². The Hall–Kier alpha value is -3.48. The van der Waals surface area contributed by atoms with Gasteiger partial charge in [-0.25, -0.2) is 9.78 Å². The van der Waals surface area contributed by atoms with E-state index in [0.29, 0.717) is 50.5 Å². The average molecular weight is 367 g/mol. The third-order valence-electron chi connectivity index (χ3n) is 4.54. The van der Waals surface area contributed by atoms with Crippen molar-refractivity contribution < 1.29 is 28.8 Å². The van der Waals surface area contributed by atoms with Crippen molar-refractivity contribution in [3.05, 3.63) is 41.6 Å². The largest absolute Gasteiger partial charge is 0.508 e. The predicted molar refractivity (Wildman–Crippen MR) is 97.6 cm³/mol. The molecule has 138 valence electrons. The molecule has 1 aromatic heterocycles. The Balaban J connectivity index is 2.10. The van der Waals surface area contributed by atoms with Gasteiger partial charge < -0.3 is 24.1 Å². The van der Waals surface area contributed by atoms with Crippen LogP contribution in [0.1, 0.15) is 16.1 Å². The summed E-state index contributed by atoms with van der Waals surface area (Å²) in [6.45, 7) is 0.0944. The lowest BCUT2D eigenvalue weighted by atomic mass is 9.94. The topological polar surface area (TPSA) is 87.1 Å². The highest BCUT2D eigenvalue weighted by molar-refractivity contribution is 6.09. The molecule has 4 rings (SSSR count). The van der Waals surface area contributed by atoms with Gasteiger partial charge >= 0.3 is 5.97 Å². The highest BCUT2D eigenvalue weighted by atomic mass is 16.5. The highest BCUT2D eigenvalue weighted by Gasteiger charge is 2.30. The van der Waals surface area contributed by atoms with Crippen molar-refractivity contribution in [3.63, 3.8) is 0 Å². The molecule has 0 fully saturated rings. The second-order valence-corrected chi connectivity index (χ2v) is 6.00. The third-order valence-corrected chi connectivity index (χ3v) is 4.54. The van der Waals surface area contributed by atoms with Gasteiger partial charge in [0.1, 0.15) is 12.4 Å². The monoisotopic (exact) mass is 367 g/mol. The van der Waals surface area contributed by atoms with Crippen LogP contribution in [-0.2, 0) is 11.3 Å². The molecule has 7 heteroatoms. The Kier molecular flexibility index (Phi) is 3.99. The first-order chi connectivity index (χ1) is 13.1. The maximum Gasteiger partial charge on any atom is 0.341 e. The summed E-state index contributed by atoms with van der Waals surface area (Å²) in [7, 11) is 4.59. The quantitative estimate of drug-likeness (QED) is 0.708. The van der Waals surface area contributed by atoms with E-state index >= 15 is 0 Å². The smallest absolute Gasteiger partial charge is 0.341 e. The first kappa shape index (κ1) is 17.0. The zero-order chi connectivity index (χ0) is 19.1. The highest BCUT2D eigenvalue weighted by Crippen LogP contribution is 2.45. The second kappa shape index (κ2) is 6.35. The number of aromatic hydroxyl groups is 1. The summed E-state index contributed by atoms with van der Waals surface area (Å²) in [6.07, 6.45) is 0. The molecule has 0 atom stereocenters. The minimum Gasteiger partial charge on any atom is -0.508 e. The molecule has 0 saturated carbocycles. The number of hydrogen-bond acceptors (Lipinski definition) is 7. The molecule has 0 spiro atoms. The average Bonchev–Trinajstić information content (AvgIpc) is 3.05. The number of methoxy groups -OCH3 is 3. The van der Waals surface area contributed by atoms with E-state index in [1.807, 2.05) is 0 Å². The maximum atomic E-state index is 12.4. The van der Waals surface area contributed by atoms with E-state index in [2.05, 4.69) is 4.98 Å². The lowest BCUT2D eigenvalue weighted by Crippen LogP contribution is -2.02. The van der Waals surface area contributed by atoms with Crippen molar-refractivity contribution in [3.8, 4) is 34.1 Å². The number of cyclic esters (lactones) is 1. The molecular weight excluding hydrogens is 350 g/mol. The molecule has 2 heterocycles.